The molecule has 1 aromatic carbocycles. The minimum atomic E-state index is 0.601. The fourth-order valence-corrected chi connectivity index (χ4v) is 3.76. The molecular weight excluding hydrogens is 268 g/mol. The highest BCUT2D eigenvalue weighted by Gasteiger charge is 2.22. The van der Waals surface area contributed by atoms with Crippen LogP contribution in [0.15, 0.2) is 18.2 Å². The molecule has 2 atom stereocenters. The lowest BCUT2D eigenvalue weighted by Crippen LogP contribution is -2.37. The summed E-state index contributed by atoms with van der Waals surface area (Å²) in [5.74, 6) is 0.736. The molecule has 1 aromatic rings. The summed E-state index contributed by atoms with van der Waals surface area (Å²) in [7, 11) is 0. The van der Waals surface area contributed by atoms with Crippen LogP contribution < -0.4 is 5.32 Å². The van der Waals surface area contributed by atoms with E-state index in [-0.39, 0.29) is 0 Å². The molecule has 3 rings (SSSR count). The standard InChI is InChI=1S/C17H25ClN2/c1-13(12-20-6-2-3-7-20)11-19-17-9-14-4-5-16(18)8-15(14)10-17/h4-5,8,13,17,19H,2-3,6-7,9-12H2,1H3. The van der Waals surface area contributed by atoms with Crippen molar-refractivity contribution in [2.45, 2.75) is 38.6 Å². The molecule has 0 aromatic heterocycles. The van der Waals surface area contributed by atoms with Gasteiger partial charge in [-0.15, -0.1) is 0 Å². The lowest BCUT2D eigenvalue weighted by Gasteiger charge is -2.22. The van der Waals surface area contributed by atoms with Gasteiger partial charge in [0.25, 0.3) is 0 Å². The maximum Gasteiger partial charge on any atom is 0.0408 e. The molecule has 3 heteroatoms. The van der Waals surface area contributed by atoms with E-state index in [1.54, 1.807) is 0 Å². The molecular formula is C17H25ClN2. The number of fused-ring (bicyclic) bond motifs is 1. The van der Waals surface area contributed by atoms with E-state index in [0.717, 1.165) is 30.3 Å². The summed E-state index contributed by atoms with van der Waals surface area (Å²) in [6, 6.07) is 6.93. The molecule has 2 aliphatic rings. The van der Waals surface area contributed by atoms with Crippen molar-refractivity contribution in [2.75, 3.05) is 26.2 Å². The van der Waals surface area contributed by atoms with Gasteiger partial charge in [-0.25, -0.2) is 0 Å². The van der Waals surface area contributed by atoms with Crippen molar-refractivity contribution in [1.82, 2.24) is 10.2 Å². The van der Waals surface area contributed by atoms with Crippen LogP contribution in [0.5, 0.6) is 0 Å². The van der Waals surface area contributed by atoms with Gasteiger partial charge < -0.3 is 10.2 Å². The number of nitrogens with zero attached hydrogens (tertiary/aromatic N) is 1. The maximum absolute atomic E-state index is 6.07. The van der Waals surface area contributed by atoms with E-state index < -0.39 is 0 Å². The van der Waals surface area contributed by atoms with Crippen LogP contribution in [0.25, 0.3) is 0 Å². The Balaban J connectivity index is 1.43. The lowest BCUT2D eigenvalue weighted by atomic mass is 10.1. The Kier molecular flexibility index (Phi) is 4.65. The summed E-state index contributed by atoms with van der Waals surface area (Å²) in [6.07, 6.45) is 5.06. The molecule has 1 N–H and O–H groups in total. The van der Waals surface area contributed by atoms with E-state index in [0.29, 0.717) is 6.04 Å². The van der Waals surface area contributed by atoms with Gasteiger partial charge in [-0.2, -0.15) is 0 Å². The molecule has 110 valence electrons. The average molecular weight is 293 g/mol. The highest BCUT2D eigenvalue weighted by Crippen LogP contribution is 2.25. The molecule has 0 bridgehead atoms. The quantitative estimate of drug-likeness (QED) is 0.897. The first kappa shape index (κ1) is 14.4. The van der Waals surface area contributed by atoms with Gasteiger partial charge in [0.05, 0.1) is 0 Å². The second-order valence-corrected chi connectivity index (χ2v) is 6.98. The number of benzene rings is 1. The van der Waals surface area contributed by atoms with Gasteiger partial charge in [-0.1, -0.05) is 24.6 Å². The van der Waals surface area contributed by atoms with Crippen LogP contribution in [0.1, 0.15) is 30.9 Å². The molecule has 0 amide bonds. The van der Waals surface area contributed by atoms with Crippen LogP contribution in [0, 0.1) is 5.92 Å². The van der Waals surface area contributed by atoms with E-state index in [9.17, 15) is 0 Å². The van der Waals surface area contributed by atoms with Crippen LogP contribution in [0.4, 0.5) is 0 Å². The van der Waals surface area contributed by atoms with Gasteiger partial charge in [0.1, 0.15) is 0 Å². The van der Waals surface area contributed by atoms with Crippen LogP contribution in [-0.2, 0) is 12.8 Å². The normalized spacial score (nSPS) is 24.0. The van der Waals surface area contributed by atoms with Crippen molar-refractivity contribution >= 4 is 11.6 Å². The Hall–Kier alpha value is -0.570. The number of hydrogen-bond donors (Lipinski definition) is 1. The summed E-state index contributed by atoms with van der Waals surface area (Å²) in [4.78, 5) is 2.61. The Labute approximate surface area is 127 Å². The molecule has 1 fully saturated rings. The minimum absolute atomic E-state index is 0.601. The monoisotopic (exact) mass is 292 g/mol. The first-order valence-electron chi connectivity index (χ1n) is 7.94. The number of rotatable bonds is 5. The number of nitrogens with one attached hydrogen (secondary N) is 1. The minimum Gasteiger partial charge on any atom is -0.313 e. The summed E-state index contributed by atoms with van der Waals surface area (Å²) >= 11 is 6.07. The van der Waals surface area contributed by atoms with Crippen LogP contribution in [0.2, 0.25) is 5.02 Å². The highest BCUT2D eigenvalue weighted by atomic mass is 35.5. The third-order valence-electron chi connectivity index (χ3n) is 4.62. The molecule has 1 aliphatic heterocycles. The van der Waals surface area contributed by atoms with E-state index in [1.165, 1.54) is 43.6 Å². The highest BCUT2D eigenvalue weighted by molar-refractivity contribution is 6.30. The second-order valence-electron chi connectivity index (χ2n) is 6.54. The smallest absolute Gasteiger partial charge is 0.0408 e. The molecule has 1 aliphatic carbocycles. The topological polar surface area (TPSA) is 15.3 Å². The fourth-order valence-electron chi connectivity index (χ4n) is 3.57. The van der Waals surface area contributed by atoms with Crippen LogP contribution in [0.3, 0.4) is 0 Å². The van der Waals surface area contributed by atoms with Gasteiger partial charge >= 0.3 is 0 Å². The third-order valence-corrected chi connectivity index (χ3v) is 4.86. The number of hydrogen-bond acceptors (Lipinski definition) is 2. The molecule has 1 saturated heterocycles. The SMILES string of the molecule is CC(CNC1Cc2ccc(Cl)cc2C1)CN1CCCC1. The van der Waals surface area contributed by atoms with Crippen molar-refractivity contribution in [3.63, 3.8) is 0 Å². The molecule has 0 radical (unpaired) electrons. The van der Waals surface area contributed by atoms with Gasteiger partial charge in [0.15, 0.2) is 0 Å². The van der Waals surface area contributed by atoms with Crippen molar-refractivity contribution in [3.8, 4) is 0 Å². The van der Waals surface area contributed by atoms with E-state index in [2.05, 4.69) is 29.3 Å². The van der Waals surface area contributed by atoms with Gasteiger partial charge in [-0.05, 0) is 74.5 Å². The summed E-state index contributed by atoms with van der Waals surface area (Å²) in [5, 5.41) is 4.62. The van der Waals surface area contributed by atoms with Gasteiger partial charge in [-0.3, -0.25) is 0 Å². The van der Waals surface area contributed by atoms with Crippen molar-refractivity contribution in [2.24, 2.45) is 5.92 Å². The summed E-state index contributed by atoms with van der Waals surface area (Å²) in [5.41, 5.74) is 2.90. The van der Waals surface area contributed by atoms with Crippen molar-refractivity contribution < 1.29 is 0 Å². The lowest BCUT2D eigenvalue weighted by molar-refractivity contribution is 0.278. The van der Waals surface area contributed by atoms with Gasteiger partial charge in [0.2, 0.25) is 0 Å². The third kappa shape index (κ3) is 3.55. The summed E-state index contributed by atoms with van der Waals surface area (Å²) in [6.45, 7) is 7.35. The first-order valence-corrected chi connectivity index (χ1v) is 8.31. The predicted molar refractivity (Wildman–Crippen MR) is 85.5 cm³/mol. The Morgan fingerprint density at radius 3 is 2.80 bits per heavy atom. The zero-order chi connectivity index (χ0) is 13.9. The molecule has 0 saturated carbocycles. The van der Waals surface area contributed by atoms with E-state index in [1.807, 2.05) is 6.07 Å². The van der Waals surface area contributed by atoms with E-state index >= 15 is 0 Å². The van der Waals surface area contributed by atoms with Crippen LogP contribution >= 0.6 is 11.6 Å². The second kappa shape index (κ2) is 6.46. The molecule has 1 heterocycles. The van der Waals surface area contributed by atoms with Crippen molar-refractivity contribution in [3.05, 3.63) is 34.3 Å². The molecule has 0 spiro atoms. The number of halogens is 1. The van der Waals surface area contributed by atoms with Crippen molar-refractivity contribution in [1.29, 1.82) is 0 Å². The van der Waals surface area contributed by atoms with E-state index in [4.69, 9.17) is 11.6 Å². The average Bonchev–Trinajstić information content (AvgIpc) is 3.04. The van der Waals surface area contributed by atoms with Crippen LogP contribution in [-0.4, -0.2) is 37.1 Å². The molecule has 2 nitrogen and oxygen atoms in total. The molecule has 20 heavy (non-hydrogen) atoms. The number of likely N-dealkylation sites (tertiary alicyclic amines) is 1. The van der Waals surface area contributed by atoms with Gasteiger partial charge in [0, 0.05) is 17.6 Å². The fraction of sp³-hybridized carbons (Fsp3) is 0.647. The zero-order valence-corrected chi connectivity index (χ0v) is 13.1. The largest absolute Gasteiger partial charge is 0.313 e. The predicted octanol–water partition coefficient (Wildman–Crippen LogP) is 3.13. The maximum atomic E-state index is 6.07. The Bertz CT molecular complexity index is 454. The summed E-state index contributed by atoms with van der Waals surface area (Å²) < 4.78 is 0. The first-order chi connectivity index (χ1) is 9.70. The Morgan fingerprint density at radius 2 is 2.00 bits per heavy atom. The molecule has 2 unspecified atom stereocenters. The Morgan fingerprint density at radius 1 is 1.25 bits per heavy atom. The zero-order valence-electron chi connectivity index (χ0n) is 12.4.